The fourth-order valence-electron chi connectivity index (χ4n) is 3.38. The Bertz CT molecular complexity index is 781. The lowest BCUT2D eigenvalue weighted by Gasteiger charge is -2.21. The Balaban J connectivity index is 1.92. The van der Waals surface area contributed by atoms with Gasteiger partial charge in [-0.2, -0.15) is 0 Å². The molecule has 3 rings (SSSR count). The van der Waals surface area contributed by atoms with E-state index in [9.17, 15) is 9.59 Å². The third-order valence-corrected chi connectivity index (χ3v) is 4.81. The summed E-state index contributed by atoms with van der Waals surface area (Å²) in [5.74, 6) is 0.808. The standard InChI is InChI=1S/C20H22O4/c1-11(2)13-5-7-14(8-6-13)15-9-16(21)18-12(3)19(20(22)23-4)24-17(18)10-15/h5-8,11,15H,9-10H2,1-4H3/t15-/m1/s1. The lowest BCUT2D eigenvalue weighted by atomic mass is 9.81. The average Bonchev–Trinajstić information content (AvgIpc) is 2.91. The summed E-state index contributed by atoms with van der Waals surface area (Å²) in [6, 6.07) is 8.42. The van der Waals surface area contributed by atoms with Crippen LogP contribution in [0.3, 0.4) is 0 Å². The van der Waals surface area contributed by atoms with Gasteiger partial charge in [-0.15, -0.1) is 0 Å². The van der Waals surface area contributed by atoms with E-state index >= 15 is 0 Å². The second-order valence-corrected chi connectivity index (χ2v) is 6.70. The molecule has 4 nitrogen and oxygen atoms in total. The third kappa shape index (κ3) is 2.77. The number of methoxy groups -OCH3 is 1. The van der Waals surface area contributed by atoms with Crippen molar-refractivity contribution in [1.82, 2.24) is 0 Å². The van der Waals surface area contributed by atoms with Crippen molar-refractivity contribution in [2.75, 3.05) is 7.11 Å². The number of carbonyl (C=O) groups excluding carboxylic acids is 2. The Labute approximate surface area is 141 Å². The number of benzene rings is 1. The van der Waals surface area contributed by atoms with Gasteiger partial charge in [0, 0.05) is 18.4 Å². The molecule has 4 heteroatoms. The second kappa shape index (κ2) is 6.27. The van der Waals surface area contributed by atoms with Gasteiger partial charge in [0.25, 0.3) is 0 Å². The lowest BCUT2D eigenvalue weighted by molar-refractivity contribution is 0.0561. The molecule has 1 aliphatic rings. The molecule has 0 bridgehead atoms. The molecule has 0 saturated carbocycles. The Morgan fingerprint density at radius 2 is 1.88 bits per heavy atom. The van der Waals surface area contributed by atoms with E-state index in [0.29, 0.717) is 35.6 Å². The summed E-state index contributed by atoms with van der Waals surface area (Å²) < 4.78 is 10.4. The number of esters is 1. The van der Waals surface area contributed by atoms with Crippen molar-refractivity contribution in [2.24, 2.45) is 0 Å². The van der Waals surface area contributed by atoms with E-state index in [1.165, 1.54) is 12.7 Å². The predicted octanol–water partition coefficient (Wildman–Crippen LogP) is 4.41. The fourth-order valence-corrected chi connectivity index (χ4v) is 3.38. The highest BCUT2D eigenvalue weighted by molar-refractivity contribution is 6.03. The molecular weight excluding hydrogens is 304 g/mol. The van der Waals surface area contributed by atoms with Gasteiger partial charge in [-0.1, -0.05) is 38.1 Å². The van der Waals surface area contributed by atoms with E-state index in [-0.39, 0.29) is 17.5 Å². The van der Waals surface area contributed by atoms with Gasteiger partial charge in [-0.25, -0.2) is 4.79 Å². The van der Waals surface area contributed by atoms with E-state index in [1.807, 2.05) is 0 Å². The zero-order chi connectivity index (χ0) is 17.4. The van der Waals surface area contributed by atoms with Gasteiger partial charge in [0.2, 0.25) is 5.76 Å². The first kappa shape index (κ1) is 16.5. The summed E-state index contributed by atoms with van der Waals surface area (Å²) in [5.41, 5.74) is 3.57. The zero-order valence-electron chi connectivity index (χ0n) is 14.5. The summed E-state index contributed by atoms with van der Waals surface area (Å²) in [7, 11) is 1.31. The number of hydrogen-bond acceptors (Lipinski definition) is 4. The van der Waals surface area contributed by atoms with E-state index in [4.69, 9.17) is 9.15 Å². The largest absolute Gasteiger partial charge is 0.463 e. The fraction of sp³-hybridized carbons (Fsp3) is 0.400. The van der Waals surface area contributed by atoms with Crippen LogP contribution in [0.25, 0.3) is 0 Å². The van der Waals surface area contributed by atoms with Crippen LogP contribution in [0.1, 0.15) is 75.5 Å². The van der Waals surface area contributed by atoms with Crippen LogP contribution in [0.2, 0.25) is 0 Å². The number of carbonyl (C=O) groups is 2. The lowest BCUT2D eigenvalue weighted by Crippen LogP contribution is -2.18. The van der Waals surface area contributed by atoms with Crippen molar-refractivity contribution in [3.8, 4) is 0 Å². The van der Waals surface area contributed by atoms with Crippen LogP contribution in [0.5, 0.6) is 0 Å². The first-order valence-corrected chi connectivity index (χ1v) is 8.26. The minimum atomic E-state index is -0.535. The van der Waals surface area contributed by atoms with Crippen LogP contribution in [0, 0.1) is 6.92 Å². The zero-order valence-corrected chi connectivity index (χ0v) is 14.5. The molecule has 0 spiro atoms. The van der Waals surface area contributed by atoms with Gasteiger partial charge in [-0.05, 0) is 29.9 Å². The number of rotatable bonds is 3. The summed E-state index contributed by atoms with van der Waals surface area (Å²) in [5, 5.41) is 0. The van der Waals surface area contributed by atoms with E-state index in [0.717, 1.165) is 5.56 Å². The molecular formula is C20H22O4. The highest BCUT2D eigenvalue weighted by Gasteiger charge is 2.34. The van der Waals surface area contributed by atoms with Gasteiger partial charge < -0.3 is 9.15 Å². The molecule has 1 aliphatic carbocycles. The molecule has 1 aromatic carbocycles. The summed E-state index contributed by atoms with van der Waals surface area (Å²) in [4.78, 5) is 24.4. The number of fused-ring (bicyclic) bond motifs is 1. The van der Waals surface area contributed by atoms with Gasteiger partial charge >= 0.3 is 5.97 Å². The van der Waals surface area contributed by atoms with Gasteiger partial charge in [0.15, 0.2) is 5.78 Å². The van der Waals surface area contributed by atoms with Crippen molar-refractivity contribution in [3.63, 3.8) is 0 Å². The molecule has 0 fully saturated rings. The molecule has 0 radical (unpaired) electrons. The van der Waals surface area contributed by atoms with Crippen LogP contribution in [0.4, 0.5) is 0 Å². The molecule has 0 aliphatic heterocycles. The van der Waals surface area contributed by atoms with Crippen molar-refractivity contribution >= 4 is 11.8 Å². The van der Waals surface area contributed by atoms with Crippen molar-refractivity contribution in [2.45, 2.75) is 45.4 Å². The maximum absolute atomic E-state index is 12.6. The topological polar surface area (TPSA) is 56.5 Å². The highest BCUT2D eigenvalue weighted by Crippen LogP contribution is 2.37. The SMILES string of the molecule is COC(=O)c1oc2c(c1C)C(=O)C[C@@H](c1ccc(C(C)C)cc1)C2. The summed E-state index contributed by atoms with van der Waals surface area (Å²) in [6.45, 7) is 6.06. The summed E-state index contributed by atoms with van der Waals surface area (Å²) >= 11 is 0. The van der Waals surface area contributed by atoms with Crippen LogP contribution < -0.4 is 0 Å². The number of furan rings is 1. The number of ketones is 1. The Kier molecular flexibility index (Phi) is 4.31. The molecule has 0 N–H and O–H groups in total. The normalized spacial score (nSPS) is 17.0. The molecule has 126 valence electrons. The van der Waals surface area contributed by atoms with E-state index in [2.05, 4.69) is 38.1 Å². The Morgan fingerprint density at radius 3 is 2.46 bits per heavy atom. The minimum Gasteiger partial charge on any atom is -0.463 e. The quantitative estimate of drug-likeness (QED) is 0.784. The van der Waals surface area contributed by atoms with Gasteiger partial charge in [-0.3, -0.25) is 4.79 Å². The maximum Gasteiger partial charge on any atom is 0.374 e. The first-order chi connectivity index (χ1) is 11.4. The van der Waals surface area contributed by atoms with Crippen LogP contribution in [-0.2, 0) is 11.2 Å². The van der Waals surface area contributed by atoms with Crippen molar-refractivity contribution in [3.05, 3.63) is 58.0 Å². The number of ether oxygens (including phenoxy) is 1. The molecule has 1 heterocycles. The monoisotopic (exact) mass is 326 g/mol. The molecule has 0 amide bonds. The molecule has 24 heavy (non-hydrogen) atoms. The molecule has 0 saturated heterocycles. The van der Waals surface area contributed by atoms with Gasteiger partial charge in [0.05, 0.1) is 12.7 Å². The molecule has 2 aromatic rings. The van der Waals surface area contributed by atoms with Gasteiger partial charge in [0.1, 0.15) is 5.76 Å². The third-order valence-electron chi connectivity index (χ3n) is 4.81. The van der Waals surface area contributed by atoms with Crippen LogP contribution >= 0.6 is 0 Å². The predicted molar refractivity (Wildman–Crippen MR) is 90.7 cm³/mol. The van der Waals surface area contributed by atoms with Crippen molar-refractivity contribution < 1.29 is 18.7 Å². The maximum atomic E-state index is 12.6. The van der Waals surface area contributed by atoms with Crippen LogP contribution in [-0.4, -0.2) is 18.9 Å². The number of Topliss-reactive ketones (excluding diaryl/α,β-unsaturated/α-hetero) is 1. The Morgan fingerprint density at radius 1 is 1.21 bits per heavy atom. The molecule has 1 atom stereocenters. The first-order valence-electron chi connectivity index (χ1n) is 8.26. The highest BCUT2D eigenvalue weighted by atomic mass is 16.5. The van der Waals surface area contributed by atoms with Crippen molar-refractivity contribution in [1.29, 1.82) is 0 Å². The smallest absolute Gasteiger partial charge is 0.374 e. The number of hydrogen-bond donors (Lipinski definition) is 0. The second-order valence-electron chi connectivity index (χ2n) is 6.70. The minimum absolute atomic E-state index is 0.0330. The van der Waals surface area contributed by atoms with E-state index < -0.39 is 5.97 Å². The Hall–Kier alpha value is -2.36. The summed E-state index contributed by atoms with van der Waals surface area (Å²) in [6.07, 6.45) is 1.06. The molecule has 0 unspecified atom stereocenters. The average molecular weight is 326 g/mol. The van der Waals surface area contributed by atoms with E-state index in [1.54, 1.807) is 6.92 Å². The molecule has 1 aromatic heterocycles. The van der Waals surface area contributed by atoms with Crippen LogP contribution in [0.15, 0.2) is 28.7 Å².